The average molecular weight is 302 g/mol. The molecule has 0 aliphatic carbocycles. The van der Waals surface area contributed by atoms with E-state index in [1.165, 1.54) is 12.1 Å². The highest BCUT2D eigenvalue weighted by Gasteiger charge is 2.34. The number of halogens is 1. The second kappa shape index (κ2) is 6.37. The SMILES string of the molecule is N#CC1(NC(N)=S)C=CC=CN1CCc1cccc(F)c1. The van der Waals surface area contributed by atoms with Crippen LogP contribution in [0.15, 0.2) is 48.7 Å². The molecule has 1 aromatic rings. The van der Waals surface area contributed by atoms with E-state index in [1.807, 2.05) is 12.1 Å². The Morgan fingerprint density at radius 2 is 2.29 bits per heavy atom. The maximum Gasteiger partial charge on any atom is 0.221 e. The van der Waals surface area contributed by atoms with E-state index >= 15 is 0 Å². The molecule has 4 nitrogen and oxygen atoms in total. The normalized spacial score (nSPS) is 20.1. The van der Waals surface area contributed by atoms with Crippen molar-refractivity contribution in [2.45, 2.75) is 12.1 Å². The molecule has 0 saturated heterocycles. The first kappa shape index (κ1) is 15.0. The van der Waals surface area contributed by atoms with Crippen LogP contribution in [0, 0.1) is 17.1 Å². The molecule has 21 heavy (non-hydrogen) atoms. The molecule has 6 heteroatoms. The Labute approximate surface area is 128 Å². The summed E-state index contributed by atoms with van der Waals surface area (Å²) in [5.74, 6) is -0.269. The van der Waals surface area contributed by atoms with Crippen molar-refractivity contribution in [3.8, 4) is 6.07 Å². The monoisotopic (exact) mass is 302 g/mol. The predicted molar refractivity (Wildman–Crippen MR) is 83.4 cm³/mol. The van der Waals surface area contributed by atoms with Crippen LogP contribution in [-0.2, 0) is 6.42 Å². The van der Waals surface area contributed by atoms with Gasteiger partial charge in [0, 0.05) is 12.7 Å². The van der Waals surface area contributed by atoms with Crippen molar-refractivity contribution >= 4 is 17.3 Å². The summed E-state index contributed by atoms with van der Waals surface area (Å²) in [6.45, 7) is 0.521. The smallest absolute Gasteiger partial charge is 0.221 e. The van der Waals surface area contributed by atoms with Crippen molar-refractivity contribution in [2.75, 3.05) is 6.54 Å². The van der Waals surface area contributed by atoms with Crippen LogP contribution in [0.5, 0.6) is 0 Å². The van der Waals surface area contributed by atoms with Crippen LogP contribution in [0.2, 0.25) is 0 Å². The van der Waals surface area contributed by atoms with Gasteiger partial charge < -0.3 is 16.0 Å². The van der Waals surface area contributed by atoms with E-state index in [-0.39, 0.29) is 10.9 Å². The van der Waals surface area contributed by atoms with Crippen LogP contribution in [0.1, 0.15) is 5.56 Å². The first-order chi connectivity index (χ1) is 10.1. The highest BCUT2D eigenvalue weighted by molar-refractivity contribution is 7.80. The molecule has 1 aromatic carbocycles. The number of hydrogen-bond donors (Lipinski definition) is 2. The van der Waals surface area contributed by atoms with Gasteiger partial charge in [-0.05, 0) is 48.5 Å². The first-order valence-electron chi connectivity index (χ1n) is 6.42. The number of nitrogens with one attached hydrogen (secondary N) is 1. The number of rotatable bonds is 4. The minimum Gasteiger partial charge on any atom is -0.376 e. The Morgan fingerprint density at radius 1 is 1.48 bits per heavy atom. The number of nitriles is 1. The van der Waals surface area contributed by atoms with E-state index in [1.54, 1.807) is 29.3 Å². The average Bonchev–Trinajstić information content (AvgIpc) is 2.46. The van der Waals surface area contributed by atoms with Crippen LogP contribution in [0.4, 0.5) is 4.39 Å². The Bertz CT molecular complexity index is 635. The van der Waals surface area contributed by atoms with Gasteiger partial charge in [-0.3, -0.25) is 0 Å². The number of hydrogen-bond acceptors (Lipinski definition) is 3. The molecule has 108 valence electrons. The standard InChI is InChI=1S/C15H15FN4S/c16-13-5-3-4-12(10-13)6-9-20-8-2-1-7-15(20,11-17)19-14(18)21/h1-5,7-8,10H,6,9H2,(H3,18,19,21). The molecule has 1 unspecified atom stereocenters. The van der Waals surface area contributed by atoms with Crippen LogP contribution in [0.25, 0.3) is 0 Å². The third kappa shape index (κ3) is 3.58. The topological polar surface area (TPSA) is 65.1 Å². The van der Waals surface area contributed by atoms with Crippen molar-refractivity contribution in [1.82, 2.24) is 10.2 Å². The van der Waals surface area contributed by atoms with Crippen molar-refractivity contribution in [3.63, 3.8) is 0 Å². The maximum atomic E-state index is 13.2. The van der Waals surface area contributed by atoms with E-state index < -0.39 is 5.66 Å². The van der Waals surface area contributed by atoms with Crippen molar-refractivity contribution in [1.29, 1.82) is 5.26 Å². The van der Waals surface area contributed by atoms with Gasteiger partial charge >= 0.3 is 0 Å². The summed E-state index contributed by atoms with van der Waals surface area (Å²) in [6.07, 6.45) is 7.65. The van der Waals surface area contributed by atoms with Gasteiger partial charge in [0.15, 0.2) is 5.11 Å². The summed E-state index contributed by atoms with van der Waals surface area (Å²) in [7, 11) is 0. The summed E-state index contributed by atoms with van der Waals surface area (Å²) in [5, 5.41) is 12.3. The van der Waals surface area contributed by atoms with Crippen molar-refractivity contribution in [2.24, 2.45) is 5.73 Å². The molecule has 0 amide bonds. The van der Waals surface area contributed by atoms with Gasteiger partial charge in [0.1, 0.15) is 11.9 Å². The van der Waals surface area contributed by atoms with Crippen molar-refractivity contribution in [3.05, 3.63) is 60.1 Å². The van der Waals surface area contributed by atoms with E-state index in [2.05, 4.69) is 11.4 Å². The van der Waals surface area contributed by atoms with Crippen molar-refractivity contribution < 1.29 is 4.39 Å². The Balaban J connectivity index is 2.13. The fourth-order valence-electron chi connectivity index (χ4n) is 2.19. The van der Waals surface area contributed by atoms with Gasteiger partial charge in [-0.25, -0.2) is 4.39 Å². The summed E-state index contributed by atoms with van der Waals surface area (Å²) in [6, 6.07) is 8.59. The Hall–Kier alpha value is -2.39. The molecular formula is C15H15FN4S. The van der Waals surface area contributed by atoms with E-state index in [0.29, 0.717) is 13.0 Å². The summed E-state index contributed by atoms with van der Waals surface area (Å²) in [5.41, 5.74) is 5.27. The predicted octanol–water partition coefficient (Wildman–Crippen LogP) is 1.81. The van der Waals surface area contributed by atoms with Crippen LogP contribution < -0.4 is 11.1 Å². The summed E-state index contributed by atoms with van der Waals surface area (Å²) < 4.78 is 13.2. The molecule has 0 saturated carbocycles. The quantitative estimate of drug-likeness (QED) is 0.830. The van der Waals surface area contributed by atoms with E-state index in [9.17, 15) is 9.65 Å². The highest BCUT2D eigenvalue weighted by atomic mass is 32.1. The molecule has 1 aliphatic rings. The third-order valence-corrected chi connectivity index (χ3v) is 3.28. The Morgan fingerprint density at radius 3 is 2.95 bits per heavy atom. The zero-order valence-corrected chi connectivity index (χ0v) is 12.1. The molecule has 1 heterocycles. The fraction of sp³-hybridized carbons (Fsp3) is 0.200. The van der Waals surface area contributed by atoms with E-state index in [0.717, 1.165) is 5.56 Å². The second-order valence-electron chi connectivity index (χ2n) is 4.64. The molecule has 0 fully saturated rings. The zero-order chi connectivity index (χ0) is 15.3. The minimum absolute atomic E-state index is 0.0484. The first-order valence-corrected chi connectivity index (χ1v) is 6.83. The van der Waals surface area contributed by atoms with Gasteiger partial charge in [0.2, 0.25) is 5.66 Å². The van der Waals surface area contributed by atoms with Crippen LogP contribution in [0.3, 0.4) is 0 Å². The number of nitrogens with two attached hydrogens (primary N) is 1. The van der Waals surface area contributed by atoms with Gasteiger partial charge in [0.05, 0.1) is 0 Å². The highest BCUT2D eigenvalue weighted by Crippen LogP contribution is 2.19. The lowest BCUT2D eigenvalue weighted by Crippen LogP contribution is -2.59. The van der Waals surface area contributed by atoms with Gasteiger partial charge in [-0.15, -0.1) is 0 Å². The van der Waals surface area contributed by atoms with Gasteiger partial charge in [0.25, 0.3) is 0 Å². The number of nitrogens with zero attached hydrogens (tertiary/aromatic N) is 2. The van der Waals surface area contributed by atoms with Crippen LogP contribution >= 0.6 is 12.2 Å². The molecule has 0 bridgehead atoms. The van der Waals surface area contributed by atoms with E-state index in [4.69, 9.17) is 18.0 Å². The lowest BCUT2D eigenvalue weighted by molar-refractivity contribution is 0.236. The Kier molecular flexibility index (Phi) is 4.55. The molecule has 0 aromatic heterocycles. The second-order valence-corrected chi connectivity index (χ2v) is 5.08. The number of benzene rings is 1. The maximum absolute atomic E-state index is 13.2. The largest absolute Gasteiger partial charge is 0.376 e. The van der Waals surface area contributed by atoms with Gasteiger partial charge in [-0.1, -0.05) is 18.2 Å². The molecule has 1 aliphatic heterocycles. The number of allylic oxidation sites excluding steroid dienone is 2. The molecule has 0 spiro atoms. The molecule has 0 radical (unpaired) electrons. The number of thiocarbonyl (C=S) groups is 1. The zero-order valence-electron chi connectivity index (χ0n) is 11.3. The third-order valence-electron chi connectivity index (χ3n) is 3.18. The lowest BCUT2D eigenvalue weighted by Gasteiger charge is -2.38. The molecular weight excluding hydrogens is 287 g/mol. The summed E-state index contributed by atoms with van der Waals surface area (Å²) >= 11 is 4.84. The lowest BCUT2D eigenvalue weighted by atomic mass is 10.1. The van der Waals surface area contributed by atoms with Gasteiger partial charge in [-0.2, -0.15) is 5.26 Å². The molecule has 2 rings (SSSR count). The summed E-state index contributed by atoms with van der Waals surface area (Å²) in [4.78, 5) is 1.79. The fourth-order valence-corrected chi connectivity index (χ4v) is 2.34. The molecule has 3 N–H and O–H groups in total. The molecule has 1 atom stereocenters. The van der Waals surface area contributed by atoms with Crippen LogP contribution in [-0.4, -0.2) is 22.2 Å². The minimum atomic E-state index is -1.10.